The van der Waals surface area contributed by atoms with Crippen LogP contribution in [-0.2, 0) is 4.79 Å². The monoisotopic (exact) mass is 254 g/mol. The van der Waals surface area contributed by atoms with Crippen LogP contribution in [0.15, 0.2) is 18.2 Å². The van der Waals surface area contributed by atoms with E-state index in [1.54, 1.807) is 25.3 Å². The zero-order valence-corrected chi connectivity index (χ0v) is 10.5. The normalized spacial score (nSPS) is 11.9. The SMILES string of the molecule is COc1ccc(OC)c(C(O)CNCC(N)=O)c1. The first-order chi connectivity index (χ1) is 8.58. The maximum Gasteiger partial charge on any atom is 0.231 e. The molecule has 1 amide bonds. The number of carbonyl (C=O) groups is 1. The van der Waals surface area contributed by atoms with Crippen molar-refractivity contribution < 1.29 is 19.4 Å². The van der Waals surface area contributed by atoms with Crippen LogP contribution < -0.4 is 20.5 Å². The third kappa shape index (κ3) is 3.90. The van der Waals surface area contributed by atoms with Crippen molar-refractivity contribution in [2.75, 3.05) is 27.3 Å². The summed E-state index contributed by atoms with van der Waals surface area (Å²) in [7, 11) is 3.07. The van der Waals surface area contributed by atoms with Gasteiger partial charge in [0.05, 0.1) is 26.9 Å². The molecule has 0 fully saturated rings. The molecule has 0 radical (unpaired) electrons. The molecule has 18 heavy (non-hydrogen) atoms. The highest BCUT2D eigenvalue weighted by atomic mass is 16.5. The van der Waals surface area contributed by atoms with Gasteiger partial charge in [0.25, 0.3) is 0 Å². The number of hydrogen-bond acceptors (Lipinski definition) is 5. The molecule has 1 aromatic rings. The smallest absolute Gasteiger partial charge is 0.231 e. The minimum atomic E-state index is -0.811. The summed E-state index contributed by atoms with van der Waals surface area (Å²) in [6.07, 6.45) is -0.811. The predicted molar refractivity (Wildman–Crippen MR) is 66.6 cm³/mol. The van der Waals surface area contributed by atoms with Crippen molar-refractivity contribution in [1.82, 2.24) is 5.32 Å². The Kier molecular flexibility index (Phi) is 5.41. The quantitative estimate of drug-likeness (QED) is 0.627. The molecule has 1 rings (SSSR count). The molecule has 4 N–H and O–H groups in total. The predicted octanol–water partition coefficient (Wildman–Crippen LogP) is -0.188. The molecule has 0 aliphatic rings. The molecular weight excluding hydrogens is 236 g/mol. The van der Waals surface area contributed by atoms with Crippen LogP contribution >= 0.6 is 0 Å². The van der Waals surface area contributed by atoms with E-state index in [-0.39, 0.29) is 13.1 Å². The van der Waals surface area contributed by atoms with Crippen molar-refractivity contribution in [3.8, 4) is 11.5 Å². The summed E-state index contributed by atoms with van der Waals surface area (Å²) in [5.41, 5.74) is 5.58. The second kappa shape index (κ2) is 6.83. The van der Waals surface area contributed by atoms with E-state index in [1.165, 1.54) is 7.11 Å². The molecule has 0 saturated carbocycles. The molecule has 6 heteroatoms. The lowest BCUT2D eigenvalue weighted by atomic mass is 10.1. The summed E-state index contributed by atoms with van der Waals surface area (Å²) >= 11 is 0. The van der Waals surface area contributed by atoms with E-state index in [1.807, 2.05) is 0 Å². The lowest BCUT2D eigenvalue weighted by molar-refractivity contribution is -0.117. The maximum absolute atomic E-state index is 10.6. The molecule has 0 aliphatic heterocycles. The Morgan fingerprint density at radius 2 is 2.17 bits per heavy atom. The van der Waals surface area contributed by atoms with Gasteiger partial charge in [-0.15, -0.1) is 0 Å². The topological polar surface area (TPSA) is 93.8 Å². The number of nitrogens with one attached hydrogen (secondary N) is 1. The largest absolute Gasteiger partial charge is 0.497 e. The molecule has 0 aliphatic carbocycles. The van der Waals surface area contributed by atoms with Gasteiger partial charge in [0.1, 0.15) is 11.5 Å². The molecule has 0 saturated heterocycles. The lowest BCUT2D eigenvalue weighted by Crippen LogP contribution is -2.31. The van der Waals surface area contributed by atoms with Crippen molar-refractivity contribution in [3.05, 3.63) is 23.8 Å². The highest BCUT2D eigenvalue weighted by molar-refractivity contribution is 5.75. The van der Waals surface area contributed by atoms with Gasteiger partial charge in [-0.25, -0.2) is 0 Å². The fourth-order valence-electron chi connectivity index (χ4n) is 1.54. The van der Waals surface area contributed by atoms with Crippen LogP contribution in [0.1, 0.15) is 11.7 Å². The van der Waals surface area contributed by atoms with Crippen LogP contribution in [-0.4, -0.2) is 38.3 Å². The summed E-state index contributed by atoms with van der Waals surface area (Å²) < 4.78 is 10.2. The fraction of sp³-hybridized carbons (Fsp3) is 0.417. The second-order valence-electron chi connectivity index (χ2n) is 3.72. The van der Waals surface area contributed by atoms with Crippen molar-refractivity contribution in [1.29, 1.82) is 0 Å². The Hall–Kier alpha value is -1.79. The molecule has 100 valence electrons. The van der Waals surface area contributed by atoms with E-state index in [4.69, 9.17) is 15.2 Å². The Balaban J connectivity index is 2.75. The molecule has 0 heterocycles. The first kappa shape index (κ1) is 14.3. The molecule has 6 nitrogen and oxygen atoms in total. The second-order valence-corrected chi connectivity index (χ2v) is 3.72. The fourth-order valence-corrected chi connectivity index (χ4v) is 1.54. The van der Waals surface area contributed by atoms with Gasteiger partial charge >= 0.3 is 0 Å². The van der Waals surface area contributed by atoms with Crippen molar-refractivity contribution in [2.45, 2.75) is 6.10 Å². The molecule has 0 spiro atoms. The van der Waals surface area contributed by atoms with Gasteiger partial charge < -0.3 is 25.6 Å². The molecular formula is C12H18N2O4. The summed E-state index contributed by atoms with van der Waals surface area (Å²) in [5, 5.41) is 12.8. The van der Waals surface area contributed by atoms with Gasteiger partial charge in [-0.1, -0.05) is 0 Å². The Morgan fingerprint density at radius 1 is 1.44 bits per heavy atom. The van der Waals surface area contributed by atoms with Gasteiger partial charge in [0.15, 0.2) is 0 Å². The number of amides is 1. The van der Waals surface area contributed by atoms with Crippen LogP contribution in [0.3, 0.4) is 0 Å². The zero-order chi connectivity index (χ0) is 13.5. The first-order valence-corrected chi connectivity index (χ1v) is 5.47. The standard InChI is InChI=1S/C12H18N2O4/c1-17-8-3-4-11(18-2)9(5-8)10(15)6-14-7-12(13)16/h3-5,10,14-15H,6-7H2,1-2H3,(H2,13,16). The van der Waals surface area contributed by atoms with Crippen molar-refractivity contribution >= 4 is 5.91 Å². The lowest BCUT2D eigenvalue weighted by Gasteiger charge is -2.16. The van der Waals surface area contributed by atoms with E-state index in [0.717, 1.165) is 0 Å². The van der Waals surface area contributed by atoms with Crippen LogP contribution in [0.25, 0.3) is 0 Å². The molecule has 1 atom stereocenters. The van der Waals surface area contributed by atoms with E-state index in [2.05, 4.69) is 5.32 Å². The number of rotatable bonds is 7. The summed E-state index contributed by atoms with van der Waals surface area (Å²) in [6, 6.07) is 5.15. The van der Waals surface area contributed by atoms with Crippen molar-refractivity contribution in [2.24, 2.45) is 5.73 Å². The van der Waals surface area contributed by atoms with Crippen LogP contribution in [0.2, 0.25) is 0 Å². The number of methoxy groups -OCH3 is 2. The molecule has 1 unspecified atom stereocenters. The van der Waals surface area contributed by atoms with Gasteiger partial charge in [-0.3, -0.25) is 4.79 Å². The Morgan fingerprint density at radius 3 is 2.72 bits per heavy atom. The maximum atomic E-state index is 10.6. The summed E-state index contributed by atoms with van der Waals surface area (Å²) in [4.78, 5) is 10.6. The number of primary amides is 1. The molecule has 0 bridgehead atoms. The van der Waals surface area contributed by atoms with E-state index in [9.17, 15) is 9.90 Å². The number of aliphatic hydroxyl groups excluding tert-OH is 1. The zero-order valence-electron chi connectivity index (χ0n) is 10.5. The summed E-state index contributed by atoms with van der Waals surface area (Å²) in [6.45, 7) is 0.218. The molecule has 1 aromatic carbocycles. The number of ether oxygens (including phenoxy) is 2. The van der Waals surface area contributed by atoms with Gasteiger partial charge in [-0.05, 0) is 18.2 Å². The third-order valence-electron chi connectivity index (χ3n) is 2.43. The minimum absolute atomic E-state index is 0.0172. The Bertz CT molecular complexity index is 409. The van der Waals surface area contributed by atoms with E-state index < -0.39 is 12.0 Å². The first-order valence-electron chi connectivity index (χ1n) is 5.47. The average molecular weight is 254 g/mol. The van der Waals surface area contributed by atoms with Crippen LogP contribution in [0, 0.1) is 0 Å². The number of aliphatic hydroxyl groups is 1. The highest BCUT2D eigenvalue weighted by Gasteiger charge is 2.14. The van der Waals surface area contributed by atoms with Crippen LogP contribution in [0.5, 0.6) is 11.5 Å². The van der Waals surface area contributed by atoms with Gasteiger partial charge in [0, 0.05) is 12.1 Å². The van der Waals surface area contributed by atoms with E-state index in [0.29, 0.717) is 17.1 Å². The van der Waals surface area contributed by atoms with Crippen molar-refractivity contribution in [3.63, 3.8) is 0 Å². The summed E-state index contributed by atoms with van der Waals surface area (Å²) in [5.74, 6) is 0.712. The third-order valence-corrected chi connectivity index (χ3v) is 2.43. The Labute approximate surface area is 106 Å². The van der Waals surface area contributed by atoms with E-state index >= 15 is 0 Å². The minimum Gasteiger partial charge on any atom is -0.497 e. The number of nitrogens with two attached hydrogens (primary N) is 1. The van der Waals surface area contributed by atoms with Gasteiger partial charge in [-0.2, -0.15) is 0 Å². The number of hydrogen-bond donors (Lipinski definition) is 3. The van der Waals surface area contributed by atoms with Gasteiger partial charge in [0.2, 0.25) is 5.91 Å². The number of benzene rings is 1. The number of carbonyl (C=O) groups excluding carboxylic acids is 1. The molecule has 0 aromatic heterocycles. The average Bonchev–Trinajstić information content (AvgIpc) is 2.37. The highest BCUT2D eigenvalue weighted by Crippen LogP contribution is 2.28. The van der Waals surface area contributed by atoms with Crippen LogP contribution in [0.4, 0.5) is 0 Å².